The molecule has 0 unspecified atom stereocenters. The van der Waals surface area contributed by atoms with Gasteiger partial charge in [0.05, 0.1) is 5.69 Å². The maximum absolute atomic E-state index is 4.49. The highest BCUT2D eigenvalue weighted by molar-refractivity contribution is 5.47. The fourth-order valence-corrected chi connectivity index (χ4v) is 1.65. The van der Waals surface area contributed by atoms with Crippen molar-refractivity contribution in [3.63, 3.8) is 0 Å². The molecule has 1 aliphatic carbocycles. The van der Waals surface area contributed by atoms with Crippen molar-refractivity contribution in [2.24, 2.45) is 0 Å². The molecule has 0 spiro atoms. The molecule has 0 saturated heterocycles. The van der Waals surface area contributed by atoms with Crippen LogP contribution in [0.1, 0.15) is 35.8 Å². The third kappa shape index (κ3) is 1.50. The van der Waals surface area contributed by atoms with Gasteiger partial charge in [-0.25, -0.2) is 9.97 Å². The first-order valence-electron chi connectivity index (χ1n) is 4.75. The van der Waals surface area contributed by atoms with Crippen LogP contribution in [-0.2, 0) is 0 Å². The van der Waals surface area contributed by atoms with Gasteiger partial charge in [-0.2, -0.15) is 0 Å². The molecule has 0 amide bonds. The molecule has 1 fully saturated rings. The van der Waals surface area contributed by atoms with Gasteiger partial charge < -0.3 is 5.32 Å². The van der Waals surface area contributed by atoms with E-state index in [0.29, 0.717) is 5.92 Å². The average molecular weight is 177 g/mol. The van der Waals surface area contributed by atoms with E-state index in [1.807, 2.05) is 14.0 Å². The van der Waals surface area contributed by atoms with Crippen LogP contribution in [0, 0.1) is 13.8 Å². The Morgan fingerprint density at radius 3 is 2.46 bits per heavy atom. The lowest BCUT2D eigenvalue weighted by Gasteiger charge is -2.09. The number of rotatable bonds is 2. The molecule has 2 rings (SSSR count). The molecule has 0 radical (unpaired) electrons. The minimum absolute atomic E-state index is 0.703. The van der Waals surface area contributed by atoms with Gasteiger partial charge in [0, 0.05) is 18.5 Å². The number of hydrogen-bond donors (Lipinski definition) is 1. The Labute approximate surface area is 78.6 Å². The summed E-state index contributed by atoms with van der Waals surface area (Å²) in [6, 6.07) is 0. The minimum Gasteiger partial charge on any atom is -0.373 e. The molecule has 70 valence electrons. The molecule has 1 N–H and O–H groups in total. The Bertz CT molecular complexity index is 329. The lowest BCUT2D eigenvalue weighted by Crippen LogP contribution is -2.04. The molecule has 0 atom stereocenters. The van der Waals surface area contributed by atoms with Crippen molar-refractivity contribution in [2.45, 2.75) is 32.6 Å². The van der Waals surface area contributed by atoms with E-state index in [-0.39, 0.29) is 0 Å². The van der Waals surface area contributed by atoms with Gasteiger partial charge >= 0.3 is 0 Å². The van der Waals surface area contributed by atoms with Crippen molar-refractivity contribution in [3.8, 4) is 0 Å². The third-order valence-corrected chi connectivity index (χ3v) is 2.50. The van der Waals surface area contributed by atoms with Gasteiger partial charge in [-0.1, -0.05) is 0 Å². The Morgan fingerprint density at radius 2 is 1.92 bits per heavy atom. The highest BCUT2D eigenvalue weighted by Crippen LogP contribution is 2.41. The monoisotopic (exact) mass is 177 g/mol. The number of aromatic nitrogens is 2. The molecule has 13 heavy (non-hydrogen) atoms. The Kier molecular flexibility index (Phi) is 1.94. The second-order valence-electron chi connectivity index (χ2n) is 3.65. The molecular weight excluding hydrogens is 162 g/mol. The van der Waals surface area contributed by atoms with Gasteiger partial charge in [0.2, 0.25) is 0 Å². The molecule has 0 bridgehead atoms. The standard InChI is InChI=1S/C10H15N3/c1-6-9(8-4-5-8)12-7(2)13-10(6)11-3/h8H,4-5H2,1-3H3,(H,11,12,13). The second-order valence-corrected chi connectivity index (χ2v) is 3.65. The summed E-state index contributed by atoms with van der Waals surface area (Å²) in [6.07, 6.45) is 2.58. The van der Waals surface area contributed by atoms with Crippen LogP contribution < -0.4 is 5.32 Å². The van der Waals surface area contributed by atoms with Crippen molar-refractivity contribution < 1.29 is 0 Å². The summed E-state index contributed by atoms with van der Waals surface area (Å²) in [5.74, 6) is 2.56. The molecule has 1 heterocycles. The molecule has 1 saturated carbocycles. The van der Waals surface area contributed by atoms with Gasteiger partial charge in [0.1, 0.15) is 11.6 Å². The van der Waals surface area contributed by atoms with Crippen LogP contribution in [0.2, 0.25) is 0 Å². The maximum atomic E-state index is 4.49. The average Bonchev–Trinajstić information content (AvgIpc) is 2.91. The lowest BCUT2D eigenvalue weighted by molar-refractivity contribution is 0.919. The van der Waals surface area contributed by atoms with E-state index in [0.717, 1.165) is 11.6 Å². The quantitative estimate of drug-likeness (QED) is 0.751. The molecule has 1 aromatic rings. The van der Waals surface area contributed by atoms with Gasteiger partial charge in [-0.05, 0) is 26.7 Å². The van der Waals surface area contributed by atoms with Gasteiger partial charge in [-0.15, -0.1) is 0 Å². The van der Waals surface area contributed by atoms with Crippen LogP contribution in [0.15, 0.2) is 0 Å². The zero-order valence-electron chi connectivity index (χ0n) is 8.39. The van der Waals surface area contributed by atoms with E-state index in [2.05, 4.69) is 22.2 Å². The van der Waals surface area contributed by atoms with Crippen LogP contribution in [0.4, 0.5) is 5.82 Å². The maximum Gasteiger partial charge on any atom is 0.132 e. The Balaban J connectivity index is 2.47. The van der Waals surface area contributed by atoms with Crippen LogP contribution >= 0.6 is 0 Å². The third-order valence-electron chi connectivity index (χ3n) is 2.50. The number of nitrogens with zero attached hydrogens (tertiary/aromatic N) is 2. The fourth-order valence-electron chi connectivity index (χ4n) is 1.65. The molecule has 1 aliphatic rings. The number of anilines is 1. The molecule has 3 heteroatoms. The van der Waals surface area contributed by atoms with E-state index >= 15 is 0 Å². The predicted molar refractivity (Wildman–Crippen MR) is 53.0 cm³/mol. The largest absolute Gasteiger partial charge is 0.373 e. The zero-order chi connectivity index (χ0) is 9.42. The van der Waals surface area contributed by atoms with E-state index in [9.17, 15) is 0 Å². The summed E-state index contributed by atoms with van der Waals surface area (Å²) >= 11 is 0. The molecule has 0 aromatic carbocycles. The molecule has 0 aliphatic heterocycles. The first-order chi connectivity index (χ1) is 6.22. The van der Waals surface area contributed by atoms with E-state index in [1.165, 1.54) is 24.1 Å². The summed E-state index contributed by atoms with van der Waals surface area (Å²) < 4.78 is 0. The lowest BCUT2D eigenvalue weighted by atomic mass is 10.1. The smallest absolute Gasteiger partial charge is 0.132 e. The summed E-state index contributed by atoms with van der Waals surface area (Å²) in [5.41, 5.74) is 2.47. The van der Waals surface area contributed by atoms with Crippen LogP contribution in [0.25, 0.3) is 0 Å². The van der Waals surface area contributed by atoms with Gasteiger partial charge in [0.25, 0.3) is 0 Å². The Hall–Kier alpha value is -1.12. The zero-order valence-corrected chi connectivity index (χ0v) is 8.39. The van der Waals surface area contributed by atoms with Crippen LogP contribution in [0.3, 0.4) is 0 Å². The van der Waals surface area contributed by atoms with Crippen molar-refractivity contribution in [3.05, 3.63) is 17.1 Å². The van der Waals surface area contributed by atoms with Crippen molar-refractivity contribution in [1.29, 1.82) is 0 Å². The van der Waals surface area contributed by atoms with E-state index in [4.69, 9.17) is 0 Å². The Morgan fingerprint density at radius 1 is 1.23 bits per heavy atom. The summed E-state index contributed by atoms with van der Waals surface area (Å²) in [6.45, 7) is 4.05. The topological polar surface area (TPSA) is 37.8 Å². The highest BCUT2D eigenvalue weighted by Gasteiger charge is 2.27. The summed E-state index contributed by atoms with van der Waals surface area (Å²) in [4.78, 5) is 8.83. The van der Waals surface area contributed by atoms with E-state index < -0.39 is 0 Å². The van der Waals surface area contributed by atoms with Crippen LogP contribution in [-0.4, -0.2) is 17.0 Å². The van der Waals surface area contributed by atoms with Gasteiger partial charge in [-0.3, -0.25) is 0 Å². The van der Waals surface area contributed by atoms with Crippen LogP contribution in [0.5, 0.6) is 0 Å². The SMILES string of the molecule is CNc1nc(C)nc(C2CC2)c1C. The normalized spacial score (nSPS) is 15.9. The summed E-state index contributed by atoms with van der Waals surface area (Å²) in [7, 11) is 1.91. The molecule has 1 aromatic heterocycles. The number of nitrogens with one attached hydrogen (secondary N) is 1. The van der Waals surface area contributed by atoms with Crippen molar-refractivity contribution in [2.75, 3.05) is 12.4 Å². The van der Waals surface area contributed by atoms with Gasteiger partial charge in [0.15, 0.2) is 0 Å². The minimum atomic E-state index is 0.703. The molecular formula is C10H15N3. The fraction of sp³-hybridized carbons (Fsp3) is 0.600. The second kappa shape index (κ2) is 2.98. The first kappa shape index (κ1) is 8.48. The van der Waals surface area contributed by atoms with Crippen molar-refractivity contribution in [1.82, 2.24) is 9.97 Å². The number of hydrogen-bond acceptors (Lipinski definition) is 3. The molecule has 3 nitrogen and oxygen atoms in total. The van der Waals surface area contributed by atoms with E-state index in [1.54, 1.807) is 0 Å². The first-order valence-corrected chi connectivity index (χ1v) is 4.75. The highest BCUT2D eigenvalue weighted by atomic mass is 15.0. The number of aryl methyl sites for hydroxylation is 1. The van der Waals surface area contributed by atoms with Crippen molar-refractivity contribution >= 4 is 5.82 Å². The summed E-state index contributed by atoms with van der Waals surface area (Å²) in [5, 5.41) is 3.11. The predicted octanol–water partition coefficient (Wildman–Crippen LogP) is 2.01.